The van der Waals surface area contributed by atoms with E-state index in [1.54, 1.807) is 24.3 Å². The number of rotatable bonds is 10. The third-order valence-electron chi connectivity index (χ3n) is 5.97. The normalized spacial score (nSPS) is 16.3. The third-order valence-corrected chi connectivity index (χ3v) is 7.15. The molecule has 0 spiro atoms. The number of hydrogen-bond acceptors (Lipinski definition) is 5. The molecule has 0 aliphatic carbocycles. The Bertz CT molecular complexity index is 1020. The van der Waals surface area contributed by atoms with Gasteiger partial charge in [0.25, 0.3) is 0 Å². The van der Waals surface area contributed by atoms with Crippen molar-refractivity contribution < 1.29 is 17.9 Å². The van der Waals surface area contributed by atoms with Gasteiger partial charge in [-0.15, -0.1) is 0 Å². The second kappa shape index (κ2) is 11.4. The first kappa shape index (κ1) is 24.9. The van der Waals surface area contributed by atoms with E-state index < -0.39 is 10.0 Å². The molecule has 3 rings (SSSR count). The molecule has 1 atom stereocenters. The standard InChI is InChI=1S/C25H35N3O4S/c1-20-8-6-16-27(19-20)22-14-12-21(13-15-22)18-26-25(29)11-7-17-28(33(3,30)31)23-9-4-5-10-24(23)32-2/h4-5,9-10,12-15,20H,6-8,11,16-19H2,1-3H3,(H,26,29). The summed E-state index contributed by atoms with van der Waals surface area (Å²) in [6.45, 7) is 5.14. The van der Waals surface area contributed by atoms with Crippen LogP contribution in [0, 0.1) is 5.92 Å². The van der Waals surface area contributed by atoms with E-state index in [1.165, 1.54) is 29.9 Å². The maximum absolute atomic E-state index is 12.3. The fourth-order valence-corrected chi connectivity index (χ4v) is 5.19. The zero-order chi connectivity index (χ0) is 23.8. The van der Waals surface area contributed by atoms with Gasteiger partial charge in [0.05, 0.1) is 19.1 Å². The predicted molar refractivity (Wildman–Crippen MR) is 133 cm³/mol. The summed E-state index contributed by atoms with van der Waals surface area (Å²) in [7, 11) is -2.00. The molecule has 0 bridgehead atoms. The highest BCUT2D eigenvalue weighted by Gasteiger charge is 2.21. The maximum atomic E-state index is 12.3. The molecule has 1 saturated heterocycles. The van der Waals surface area contributed by atoms with Crippen LogP contribution in [0.3, 0.4) is 0 Å². The summed E-state index contributed by atoms with van der Waals surface area (Å²) in [6.07, 6.45) is 4.33. The van der Waals surface area contributed by atoms with Crippen molar-refractivity contribution in [1.82, 2.24) is 5.32 Å². The summed E-state index contributed by atoms with van der Waals surface area (Å²) < 4.78 is 31.2. The molecule has 1 N–H and O–H groups in total. The predicted octanol–water partition coefficient (Wildman–Crippen LogP) is 3.79. The number of amides is 1. The topological polar surface area (TPSA) is 79.0 Å². The molecule has 0 aromatic heterocycles. The van der Waals surface area contributed by atoms with E-state index in [0.29, 0.717) is 24.4 Å². The van der Waals surface area contributed by atoms with Crippen LogP contribution >= 0.6 is 0 Å². The minimum Gasteiger partial charge on any atom is -0.495 e. The van der Waals surface area contributed by atoms with E-state index in [2.05, 4.69) is 41.4 Å². The quantitative estimate of drug-likeness (QED) is 0.568. The van der Waals surface area contributed by atoms with Gasteiger partial charge in [0.2, 0.25) is 15.9 Å². The van der Waals surface area contributed by atoms with Gasteiger partial charge in [-0.2, -0.15) is 0 Å². The minimum atomic E-state index is -3.50. The van der Waals surface area contributed by atoms with E-state index in [1.807, 2.05) is 0 Å². The van der Waals surface area contributed by atoms with Crippen molar-refractivity contribution in [2.45, 2.75) is 39.2 Å². The molecule has 0 radical (unpaired) electrons. The van der Waals surface area contributed by atoms with Crippen molar-refractivity contribution in [2.24, 2.45) is 5.92 Å². The van der Waals surface area contributed by atoms with E-state index in [9.17, 15) is 13.2 Å². The molecule has 180 valence electrons. The Morgan fingerprint density at radius 3 is 2.58 bits per heavy atom. The van der Waals surface area contributed by atoms with Gasteiger partial charge >= 0.3 is 0 Å². The summed E-state index contributed by atoms with van der Waals surface area (Å²) in [5.41, 5.74) is 2.75. The average Bonchev–Trinajstić information content (AvgIpc) is 2.80. The molecule has 2 aromatic carbocycles. The van der Waals surface area contributed by atoms with Crippen LogP contribution in [0.25, 0.3) is 0 Å². The van der Waals surface area contributed by atoms with E-state index in [0.717, 1.165) is 30.8 Å². The molecule has 1 unspecified atom stereocenters. The highest BCUT2D eigenvalue weighted by Crippen LogP contribution is 2.29. The van der Waals surface area contributed by atoms with E-state index in [-0.39, 0.29) is 18.9 Å². The monoisotopic (exact) mass is 473 g/mol. The Morgan fingerprint density at radius 1 is 1.18 bits per heavy atom. The van der Waals surface area contributed by atoms with Crippen molar-refractivity contribution in [3.8, 4) is 5.75 Å². The van der Waals surface area contributed by atoms with Crippen LogP contribution in [0.2, 0.25) is 0 Å². The summed E-state index contributed by atoms with van der Waals surface area (Å²) in [5, 5.41) is 2.93. The van der Waals surface area contributed by atoms with Crippen molar-refractivity contribution in [3.05, 3.63) is 54.1 Å². The van der Waals surface area contributed by atoms with Crippen molar-refractivity contribution in [3.63, 3.8) is 0 Å². The number of hydrogen-bond donors (Lipinski definition) is 1. The summed E-state index contributed by atoms with van der Waals surface area (Å²) in [6, 6.07) is 15.3. The van der Waals surface area contributed by atoms with Gasteiger partial charge in [0.15, 0.2) is 0 Å². The number of methoxy groups -OCH3 is 1. The lowest BCUT2D eigenvalue weighted by Crippen LogP contribution is -2.34. The van der Waals surface area contributed by atoms with Crippen LogP contribution < -0.4 is 19.3 Å². The van der Waals surface area contributed by atoms with E-state index >= 15 is 0 Å². The first-order chi connectivity index (χ1) is 15.8. The van der Waals surface area contributed by atoms with Crippen LogP contribution in [0.5, 0.6) is 5.75 Å². The lowest BCUT2D eigenvalue weighted by Gasteiger charge is -2.32. The number of nitrogens with zero attached hydrogens (tertiary/aromatic N) is 2. The minimum absolute atomic E-state index is 0.0996. The number of anilines is 2. The van der Waals surface area contributed by atoms with Crippen molar-refractivity contribution in [2.75, 3.05) is 42.2 Å². The smallest absolute Gasteiger partial charge is 0.232 e. The molecule has 0 saturated carbocycles. The van der Waals surface area contributed by atoms with Gasteiger partial charge in [-0.25, -0.2) is 8.42 Å². The highest BCUT2D eigenvalue weighted by atomic mass is 32.2. The highest BCUT2D eigenvalue weighted by molar-refractivity contribution is 7.92. The Kier molecular flexibility index (Phi) is 8.61. The zero-order valence-electron chi connectivity index (χ0n) is 19.8. The molecule has 1 amide bonds. The third kappa shape index (κ3) is 7.12. The molecular weight excluding hydrogens is 438 g/mol. The Labute approximate surface area is 197 Å². The lowest BCUT2D eigenvalue weighted by molar-refractivity contribution is -0.121. The second-order valence-electron chi connectivity index (χ2n) is 8.75. The first-order valence-corrected chi connectivity index (χ1v) is 13.3. The van der Waals surface area contributed by atoms with Gasteiger partial charge in [0, 0.05) is 38.3 Å². The van der Waals surface area contributed by atoms with Crippen LogP contribution in [-0.4, -0.2) is 47.3 Å². The number of ether oxygens (including phenoxy) is 1. The molecule has 1 fully saturated rings. The molecule has 1 heterocycles. The van der Waals surface area contributed by atoms with Gasteiger partial charge in [0.1, 0.15) is 5.75 Å². The maximum Gasteiger partial charge on any atom is 0.232 e. The van der Waals surface area contributed by atoms with Crippen LogP contribution in [0.4, 0.5) is 11.4 Å². The van der Waals surface area contributed by atoms with Crippen molar-refractivity contribution >= 4 is 27.3 Å². The Morgan fingerprint density at radius 2 is 1.91 bits per heavy atom. The first-order valence-electron chi connectivity index (χ1n) is 11.5. The number of carbonyl (C=O) groups excluding carboxylic acids is 1. The lowest BCUT2D eigenvalue weighted by atomic mass is 9.99. The fraction of sp³-hybridized carbons (Fsp3) is 0.480. The van der Waals surface area contributed by atoms with E-state index in [4.69, 9.17) is 4.74 Å². The number of para-hydroxylation sites is 2. The molecule has 1 aliphatic heterocycles. The van der Waals surface area contributed by atoms with Crippen molar-refractivity contribution in [1.29, 1.82) is 0 Å². The van der Waals surface area contributed by atoms with Gasteiger partial charge in [-0.05, 0) is 55.0 Å². The number of piperidine rings is 1. The zero-order valence-corrected chi connectivity index (χ0v) is 20.6. The van der Waals surface area contributed by atoms with Gasteiger partial charge in [-0.3, -0.25) is 9.10 Å². The molecule has 8 heteroatoms. The van der Waals surface area contributed by atoms with Crippen LogP contribution in [-0.2, 0) is 21.4 Å². The molecule has 1 aliphatic rings. The van der Waals surface area contributed by atoms with Gasteiger partial charge < -0.3 is 15.0 Å². The Balaban J connectivity index is 1.48. The van der Waals surface area contributed by atoms with Crippen LogP contribution in [0.1, 0.15) is 38.2 Å². The second-order valence-corrected chi connectivity index (χ2v) is 10.7. The molecular formula is C25H35N3O4S. The SMILES string of the molecule is COc1ccccc1N(CCCC(=O)NCc1ccc(N2CCCC(C)C2)cc1)S(C)(=O)=O. The largest absolute Gasteiger partial charge is 0.495 e. The molecule has 2 aromatic rings. The number of sulfonamides is 1. The summed E-state index contributed by atoms with van der Waals surface area (Å²) >= 11 is 0. The fourth-order valence-electron chi connectivity index (χ4n) is 4.22. The van der Waals surface area contributed by atoms with Gasteiger partial charge in [-0.1, -0.05) is 31.2 Å². The van der Waals surface area contributed by atoms with Crippen LogP contribution in [0.15, 0.2) is 48.5 Å². The Hall–Kier alpha value is -2.74. The average molecular weight is 474 g/mol. The number of benzene rings is 2. The summed E-state index contributed by atoms with van der Waals surface area (Å²) in [5.74, 6) is 1.10. The number of nitrogens with one attached hydrogen (secondary N) is 1. The summed E-state index contributed by atoms with van der Waals surface area (Å²) in [4.78, 5) is 14.8. The molecule has 7 nitrogen and oxygen atoms in total. The molecule has 33 heavy (non-hydrogen) atoms. The number of carbonyl (C=O) groups is 1.